The lowest BCUT2D eigenvalue weighted by Gasteiger charge is -2.12. The van der Waals surface area contributed by atoms with E-state index in [4.69, 9.17) is 0 Å². The summed E-state index contributed by atoms with van der Waals surface area (Å²) >= 11 is 0. The Morgan fingerprint density at radius 3 is 1.21 bits per heavy atom. The number of anilines is 4. The van der Waals surface area contributed by atoms with Crippen molar-refractivity contribution in [2.75, 3.05) is 21.3 Å². The Bertz CT molecular complexity index is 1620. The number of hydrogen-bond acceptors (Lipinski definition) is 4. The van der Waals surface area contributed by atoms with E-state index in [2.05, 4.69) is 27.8 Å². The smallest absolute Gasteiger partial charge is 0.255 e. The summed E-state index contributed by atoms with van der Waals surface area (Å²) in [4.78, 5) is 38.5. The normalized spacial score (nSPS) is 10.3. The van der Waals surface area contributed by atoms with Gasteiger partial charge in [-0.15, -0.1) is 0 Å². The van der Waals surface area contributed by atoms with Crippen molar-refractivity contribution in [3.05, 3.63) is 162 Å². The molecule has 7 heteroatoms. The lowest BCUT2D eigenvalue weighted by atomic mass is 10.1. The van der Waals surface area contributed by atoms with Gasteiger partial charge in [-0.2, -0.15) is 0 Å². The highest BCUT2D eigenvalue weighted by molar-refractivity contribution is 6.09. The molecule has 0 aliphatic carbocycles. The van der Waals surface area contributed by atoms with Crippen molar-refractivity contribution in [1.29, 1.82) is 0 Å². The number of rotatable bonds is 9. The average molecular weight is 553 g/mol. The largest absolute Gasteiger partial charge is 0.355 e. The van der Waals surface area contributed by atoms with Crippen molar-refractivity contribution in [2.24, 2.45) is 0 Å². The molecule has 5 aromatic carbocycles. The molecular formula is C35H28N4O3. The fraction of sp³-hybridized carbons (Fsp3) is 0. The maximum Gasteiger partial charge on any atom is 0.255 e. The van der Waals surface area contributed by atoms with Gasteiger partial charge in [0.25, 0.3) is 17.7 Å². The van der Waals surface area contributed by atoms with Crippen LogP contribution in [0.25, 0.3) is 5.70 Å². The van der Waals surface area contributed by atoms with Gasteiger partial charge in [-0.3, -0.25) is 14.4 Å². The molecule has 3 amide bonds. The second kappa shape index (κ2) is 12.9. The number of benzene rings is 5. The molecule has 0 aliphatic rings. The summed E-state index contributed by atoms with van der Waals surface area (Å²) in [5.74, 6) is -0.989. The van der Waals surface area contributed by atoms with Crippen LogP contribution in [0.15, 0.2) is 140 Å². The van der Waals surface area contributed by atoms with E-state index in [0.29, 0.717) is 33.8 Å². The van der Waals surface area contributed by atoms with Crippen LogP contribution in [0, 0.1) is 0 Å². The van der Waals surface area contributed by atoms with Gasteiger partial charge in [-0.1, -0.05) is 73.3 Å². The van der Waals surface area contributed by atoms with Gasteiger partial charge in [-0.25, -0.2) is 0 Å². The zero-order valence-corrected chi connectivity index (χ0v) is 22.6. The lowest BCUT2D eigenvalue weighted by Crippen LogP contribution is -2.16. The Morgan fingerprint density at radius 2 is 0.738 bits per heavy atom. The average Bonchev–Trinajstić information content (AvgIpc) is 3.02. The molecule has 0 radical (unpaired) electrons. The first-order valence-corrected chi connectivity index (χ1v) is 13.3. The van der Waals surface area contributed by atoms with Gasteiger partial charge in [0, 0.05) is 45.1 Å². The highest BCUT2D eigenvalue weighted by Gasteiger charge is 2.13. The van der Waals surface area contributed by atoms with Crippen LogP contribution in [0.4, 0.5) is 22.7 Å². The monoisotopic (exact) mass is 552 g/mol. The minimum absolute atomic E-state index is 0.250. The molecule has 0 aromatic heterocycles. The summed E-state index contributed by atoms with van der Waals surface area (Å²) in [5.41, 5.74) is 5.29. The fourth-order valence-electron chi connectivity index (χ4n) is 4.24. The van der Waals surface area contributed by atoms with Crippen LogP contribution >= 0.6 is 0 Å². The van der Waals surface area contributed by atoms with Crippen LogP contribution in [-0.2, 0) is 0 Å². The van der Waals surface area contributed by atoms with E-state index in [-0.39, 0.29) is 17.7 Å². The molecule has 0 fully saturated rings. The van der Waals surface area contributed by atoms with Crippen LogP contribution in [-0.4, -0.2) is 17.7 Å². The third-order valence-electron chi connectivity index (χ3n) is 6.34. The van der Waals surface area contributed by atoms with Crippen LogP contribution in [0.3, 0.4) is 0 Å². The van der Waals surface area contributed by atoms with Crippen molar-refractivity contribution in [3.8, 4) is 0 Å². The van der Waals surface area contributed by atoms with Crippen LogP contribution < -0.4 is 21.3 Å². The van der Waals surface area contributed by atoms with Crippen molar-refractivity contribution >= 4 is 46.2 Å². The van der Waals surface area contributed by atoms with Crippen LogP contribution in [0.2, 0.25) is 0 Å². The minimum Gasteiger partial charge on any atom is -0.355 e. The SMILES string of the molecule is C=C(Nc1cccc(NC(=O)c2cccc(C(=O)Nc3cccc(NC(=O)c4ccccc4)c3)c2)c1)c1ccccc1. The third kappa shape index (κ3) is 7.16. The van der Waals surface area contributed by atoms with Crippen LogP contribution in [0.5, 0.6) is 0 Å². The van der Waals surface area contributed by atoms with E-state index in [1.165, 1.54) is 6.07 Å². The first-order valence-electron chi connectivity index (χ1n) is 13.3. The Kier molecular flexibility index (Phi) is 8.50. The summed E-state index contributed by atoms with van der Waals surface area (Å²) in [6.45, 7) is 4.09. The standard InChI is InChI=1S/C35H28N4O3/c1-24(25-11-4-2-5-12-25)36-29-17-9-18-30(22-29)38-34(41)27-15-8-16-28(21-27)35(42)39-32-20-10-19-31(23-32)37-33(40)26-13-6-3-7-14-26/h2-23,36H,1H2,(H,37,40)(H,38,41)(H,39,42). The summed E-state index contributed by atoms with van der Waals surface area (Å²) in [5, 5.41) is 11.8. The summed E-state index contributed by atoms with van der Waals surface area (Å²) in [7, 11) is 0. The van der Waals surface area contributed by atoms with E-state index >= 15 is 0 Å². The highest BCUT2D eigenvalue weighted by atomic mass is 16.2. The van der Waals surface area contributed by atoms with Crippen LogP contribution in [0.1, 0.15) is 36.6 Å². The minimum atomic E-state index is -0.387. The molecule has 0 aliphatic heterocycles. The van der Waals surface area contributed by atoms with Gasteiger partial charge in [0.1, 0.15) is 0 Å². The third-order valence-corrected chi connectivity index (χ3v) is 6.34. The molecule has 5 rings (SSSR count). The number of amides is 3. The Morgan fingerprint density at radius 1 is 0.381 bits per heavy atom. The molecule has 0 heterocycles. The maximum absolute atomic E-state index is 13.0. The fourth-order valence-corrected chi connectivity index (χ4v) is 4.24. The number of hydrogen-bond donors (Lipinski definition) is 4. The molecule has 0 atom stereocenters. The van der Waals surface area contributed by atoms with Crippen molar-refractivity contribution < 1.29 is 14.4 Å². The molecule has 7 nitrogen and oxygen atoms in total. The zero-order valence-electron chi connectivity index (χ0n) is 22.6. The predicted molar refractivity (Wildman–Crippen MR) is 169 cm³/mol. The highest BCUT2D eigenvalue weighted by Crippen LogP contribution is 2.22. The first-order chi connectivity index (χ1) is 20.4. The zero-order chi connectivity index (χ0) is 29.3. The Labute approximate surface area is 243 Å². The molecule has 206 valence electrons. The predicted octanol–water partition coefficient (Wildman–Crippen LogP) is 7.53. The Hall–Kier alpha value is -5.95. The molecule has 0 bridgehead atoms. The maximum atomic E-state index is 13.0. The second-order valence-corrected chi connectivity index (χ2v) is 9.44. The lowest BCUT2D eigenvalue weighted by molar-refractivity contribution is 0.101. The Balaban J connectivity index is 1.22. The summed E-state index contributed by atoms with van der Waals surface area (Å²) < 4.78 is 0. The van der Waals surface area contributed by atoms with Crippen molar-refractivity contribution in [3.63, 3.8) is 0 Å². The first kappa shape index (κ1) is 27.6. The molecule has 0 saturated carbocycles. The van der Waals surface area contributed by atoms with E-state index in [1.54, 1.807) is 72.8 Å². The molecular weight excluding hydrogens is 524 g/mol. The molecule has 0 spiro atoms. The van der Waals surface area contributed by atoms with Gasteiger partial charge in [0.2, 0.25) is 0 Å². The van der Waals surface area contributed by atoms with Gasteiger partial charge in [0.15, 0.2) is 0 Å². The quantitative estimate of drug-likeness (QED) is 0.152. The van der Waals surface area contributed by atoms with Gasteiger partial charge >= 0.3 is 0 Å². The van der Waals surface area contributed by atoms with Crippen molar-refractivity contribution in [1.82, 2.24) is 0 Å². The van der Waals surface area contributed by atoms with E-state index in [0.717, 1.165) is 16.9 Å². The number of carbonyl (C=O) groups is 3. The van der Waals surface area contributed by atoms with E-state index in [1.807, 2.05) is 54.6 Å². The van der Waals surface area contributed by atoms with Gasteiger partial charge in [-0.05, 0) is 72.3 Å². The van der Waals surface area contributed by atoms with E-state index < -0.39 is 0 Å². The number of nitrogens with one attached hydrogen (secondary N) is 4. The molecule has 42 heavy (non-hydrogen) atoms. The van der Waals surface area contributed by atoms with Gasteiger partial charge in [0.05, 0.1) is 0 Å². The molecule has 0 saturated heterocycles. The topological polar surface area (TPSA) is 99.3 Å². The molecule has 4 N–H and O–H groups in total. The molecule has 0 unspecified atom stereocenters. The van der Waals surface area contributed by atoms with E-state index in [9.17, 15) is 14.4 Å². The number of carbonyl (C=O) groups excluding carboxylic acids is 3. The van der Waals surface area contributed by atoms with Gasteiger partial charge < -0.3 is 21.3 Å². The second-order valence-electron chi connectivity index (χ2n) is 9.44. The molecule has 5 aromatic rings. The summed E-state index contributed by atoms with van der Waals surface area (Å²) in [6, 6.07) is 39.3. The van der Waals surface area contributed by atoms with Crippen molar-refractivity contribution in [2.45, 2.75) is 0 Å². The summed E-state index contributed by atoms with van der Waals surface area (Å²) in [6.07, 6.45) is 0.